The number of unbranched alkanes of at least 4 members (excludes halogenated alkanes) is 29. The van der Waals surface area contributed by atoms with E-state index in [-0.39, 0.29) is 13.0 Å². The third-order valence-electron chi connectivity index (χ3n) is 10.7. The van der Waals surface area contributed by atoms with Crippen LogP contribution in [0.15, 0.2) is 12.2 Å². The lowest BCUT2D eigenvalue weighted by Crippen LogP contribution is -2.46. The van der Waals surface area contributed by atoms with Crippen LogP contribution < -0.4 is 5.32 Å². The minimum atomic E-state index is -1.11. The molecular formula is C45H89NO5. The molecule has 0 saturated carbocycles. The Kier molecular flexibility index (Phi) is 39.5. The number of rotatable bonds is 41. The summed E-state index contributed by atoms with van der Waals surface area (Å²) in [6.45, 7) is 4.18. The number of amides is 1. The molecule has 0 aromatic rings. The SMILES string of the molecule is CCCCCCCCCC=CCCC[C@@H](O)[C@@H](O)C[C@H](CO)NC(=O)[C@H](O)CCCCCCCCCCCCCCCCCCCCCCCC. The van der Waals surface area contributed by atoms with Crippen molar-refractivity contribution in [2.45, 2.75) is 263 Å². The van der Waals surface area contributed by atoms with Crippen LogP contribution >= 0.6 is 0 Å². The predicted octanol–water partition coefficient (Wildman–Crippen LogP) is 11.8. The first-order valence-electron chi connectivity index (χ1n) is 22.6. The largest absolute Gasteiger partial charge is 0.394 e. The van der Waals surface area contributed by atoms with Crippen molar-refractivity contribution in [3.63, 3.8) is 0 Å². The van der Waals surface area contributed by atoms with Gasteiger partial charge in [0.25, 0.3) is 0 Å². The smallest absolute Gasteiger partial charge is 0.249 e. The Morgan fingerprint density at radius 2 is 0.824 bits per heavy atom. The lowest BCUT2D eigenvalue weighted by molar-refractivity contribution is -0.131. The van der Waals surface area contributed by atoms with Gasteiger partial charge in [-0.25, -0.2) is 0 Å². The minimum absolute atomic E-state index is 0.0591. The van der Waals surface area contributed by atoms with E-state index < -0.39 is 30.3 Å². The summed E-state index contributed by atoms with van der Waals surface area (Å²) in [4.78, 5) is 12.5. The van der Waals surface area contributed by atoms with Crippen LogP contribution in [-0.2, 0) is 4.79 Å². The second-order valence-corrected chi connectivity index (χ2v) is 15.8. The van der Waals surface area contributed by atoms with Crippen molar-refractivity contribution in [2.75, 3.05) is 6.61 Å². The fraction of sp³-hybridized carbons (Fsp3) is 0.933. The molecule has 304 valence electrons. The zero-order chi connectivity index (χ0) is 37.5. The number of aliphatic hydroxyl groups is 4. The maximum atomic E-state index is 12.5. The molecule has 5 N–H and O–H groups in total. The first kappa shape index (κ1) is 50.1. The van der Waals surface area contributed by atoms with Crippen molar-refractivity contribution in [3.8, 4) is 0 Å². The minimum Gasteiger partial charge on any atom is -0.394 e. The molecule has 1 amide bonds. The highest BCUT2D eigenvalue weighted by Gasteiger charge is 2.24. The molecule has 0 radical (unpaired) electrons. The summed E-state index contributed by atoms with van der Waals surface area (Å²) in [5.41, 5.74) is 0. The van der Waals surface area contributed by atoms with Gasteiger partial charge in [-0.3, -0.25) is 4.79 Å². The molecule has 0 rings (SSSR count). The van der Waals surface area contributed by atoms with Gasteiger partial charge in [0.05, 0.1) is 24.9 Å². The van der Waals surface area contributed by atoms with Gasteiger partial charge in [-0.2, -0.15) is 0 Å². The second kappa shape index (κ2) is 40.2. The summed E-state index contributed by atoms with van der Waals surface area (Å²) in [5, 5.41) is 43.6. The van der Waals surface area contributed by atoms with E-state index in [1.54, 1.807) is 0 Å². The van der Waals surface area contributed by atoms with Crippen LogP contribution in [0.25, 0.3) is 0 Å². The van der Waals surface area contributed by atoms with Gasteiger partial charge in [-0.1, -0.05) is 206 Å². The normalized spacial score (nSPS) is 14.2. The van der Waals surface area contributed by atoms with Crippen LogP contribution in [0.1, 0.15) is 239 Å². The third-order valence-corrected chi connectivity index (χ3v) is 10.7. The Balaban J connectivity index is 3.67. The number of nitrogens with one attached hydrogen (secondary N) is 1. The van der Waals surface area contributed by atoms with Crippen LogP contribution in [-0.4, -0.2) is 57.3 Å². The van der Waals surface area contributed by atoms with E-state index in [9.17, 15) is 25.2 Å². The molecule has 0 aromatic heterocycles. The van der Waals surface area contributed by atoms with E-state index in [0.717, 1.165) is 38.5 Å². The second-order valence-electron chi connectivity index (χ2n) is 15.8. The zero-order valence-corrected chi connectivity index (χ0v) is 34.1. The van der Waals surface area contributed by atoms with E-state index in [1.165, 1.54) is 167 Å². The topological polar surface area (TPSA) is 110 Å². The molecule has 0 spiro atoms. The fourth-order valence-corrected chi connectivity index (χ4v) is 7.09. The van der Waals surface area contributed by atoms with Crippen LogP contribution in [0.2, 0.25) is 0 Å². The lowest BCUT2D eigenvalue weighted by Gasteiger charge is -2.24. The van der Waals surface area contributed by atoms with Gasteiger partial charge in [-0.05, 0) is 44.9 Å². The van der Waals surface area contributed by atoms with Crippen molar-refractivity contribution in [1.82, 2.24) is 5.32 Å². The third kappa shape index (κ3) is 35.8. The summed E-state index contributed by atoms with van der Waals surface area (Å²) in [5.74, 6) is -0.509. The van der Waals surface area contributed by atoms with Gasteiger partial charge in [0.15, 0.2) is 0 Å². The maximum absolute atomic E-state index is 12.5. The Bertz CT molecular complexity index is 731. The van der Waals surface area contributed by atoms with Crippen molar-refractivity contribution >= 4 is 5.91 Å². The highest BCUT2D eigenvalue weighted by Crippen LogP contribution is 2.17. The summed E-state index contributed by atoms with van der Waals surface area (Å²) >= 11 is 0. The number of carbonyl (C=O) groups is 1. The van der Waals surface area contributed by atoms with Crippen molar-refractivity contribution in [1.29, 1.82) is 0 Å². The molecule has 0 aliphatic carbocycles. The Hall–Kier alpha value is -0.950. The molecular weight excluding hydrogens is 634 g/mol. The van der Waals surface area contributed by atoms with Gasteiger partial charge in [-0.15, -0.1) is 0 Å². The van der Waals surface area contributed by atoms with Crippen molar-refractivity contribution in [2.24, 2.45) is 0 Å². The first-order chi connectivity index (χ1) is 25.0. The quantitative estimate of drug-likeness (QED) is 0.0319. The summed E-state index contributed by atoms with van der Waals surface area (Å²) < 4.78 is 0. The van der Waals surface area contributed by atoms with Gasteiger partial charge < -0.3 is 25.7 Å². The average molecular weight is 724 g/mol. The van der Waals surface area contributed by atoms with Gasteiger partial charge in [0.1, 0.15) is 6.10 Å². The fourth-order valence-electron chi connectivity index (χ4n) is 7.09. The molecule has 6 heteroatoms. The number of aliphatic hydroxyl groups excluding tert-OH is 4. The van der Waals surface area contributed by atoms with Crippen LogP contribution in [0.3, 0.4) is 0 Å². The highest BCUT2D eigenvalue weighted by atomic mass is 16.3. The van der Waals surface area contributed by atoms with Crippen LogP contribution in [0.5, 0.6) is 0 Å². The van der Waals surface area contributed by atoms with Gasteiger partial charge >= 0.3 is 0 Å². The summed E-state index contributed by atoms with van der Waals surface area (Å²) in [6, 6.07) is -0.691. The molecule has 6 nitrogen and oxygen atoms in total. The van der Waals surface area contributed by atoms with E-state index in [1.807, 2.05) is 0 Å². The van der Waals surface area contributed by atoms with Crippen LogP contribution in [0.4, 0.5) is 0 Å². The molecule has 0 unspecified atom stereocenters. The highest BCUT2D eigenvalue weighted by molar-refractivity contribution is 5.80. The van der Waals surface area contributed by atoms with Crippen LogP contribution in [0, 0.1) is 0 Å². The zero-order valence-electron chi connectivity index (χ0n) is 34.1. The number of hydrogen-bond acceptors (Lipinski definition) is 5. The Morgan fingerprint density at radius 3 is 1.22 bits per heavy atom. The van der Waals surface area contributed by atoms with E-state index in [4.69, 9.17) is 0 Å². The molecule has 4 atom stereocenters. The molecule has 0 heterocycles. The average Bonchev–Trinajstić information content (AvgIpc) is 3.13. The summed E-state index contributed by atoms with van der Waals surface area (Å²) in [7, 11) is 0. The standard InChI is InChI=1S/C45H89NO5/c1-3-5-7-9-11-13-15-17-18-19-20-21-22-23-24-25-26-28-30-32-34-36-38-43(49)45(51)46-41(40-47)39-44(50)42(48)37-35-33-31-29-27-16-14-12-10-8-6-4-2/h29,31,41-44,47-50H,3-28,30,32-40H2,1-2H3,(H,46,51)/t41-,42-,43-,44+/m1/s1. The molecule has 0 bridgehead atoms. The van der Waals surface area contributed by atoms with E-state index >= 15 is 0 Å². The maximum Gasteiger partial charge on any atom is 0.249 e. The molecule has 51 heavy (non-hydrogen) atoms. The lowest BCUT2D eigenvalue weighted by atomic mass is 10.00. The number of carbonyl (C=O) groups excluding carboxylic acids is 1. The van der Waals surface area contributed by atoms with Crippen molar-refractivity contribution < 1.29 is 25.2 Å². The molecule has 0 aliphatic heterocycles. The molecule has 0 fully saturated rings. The van der Waals surface area contributed by atoms with Crippen molar-refractivity contribution in [3.05, 3.63) is 12.2 Å². The van der Waals surface area contributed by atoms with E-state index in [0.29, 0.717) is 12.8 Å². The monoisotopic (exact) mass is 724 g/mol. The summed E-state index contributed by atoms with van der Waals surface area (Å²) in [6.07, 6.45) is 43.5. The number of hydrogen-bond donors (Lipinski definition) is 5. The van der Waals surface area contributed by atoms with Gasteiger partial charge in [0.2, 0.25) is 5.91 Å². The number of allylic oxidation sites excluding steroid dienone is 2. The van der Waals surface area contributed by atoms with E-state index in [2.05, 4.69) is 31.3 Å². The predicted molar refractivity (Wildman–Crippen MR) is 219 cm³/mol. The molecule has 0 aromatic carbocycles. The Labute approximate surface area is 317 Å². The molecule has 0 saturated heterocycles. The Morgan fingerprint density at radius 1 is 0.471 bits per heavy atom. The van der Waals surface area contributed by atoms with Gasteiger partial charge in [0, 0.05) is 0 Å². The molecule has 0 aliphatic rings. The first-order valence-corrected chi connectivity index (χ1v) is 22.6.